The van der Waals surface area contributed by atoms with E-state index in [0.29, 0.717) is 24.0 Å². The smallest absolute Gasteiger partial charge is 0.163 e. The molecule has 7 heteroatoms. The number of hydrogen-bond donors (Lipinski definition) is 0. The summed E-state index contributed by atoms with van der Waals surface area (Å²) in [6, 6.07) is 11.6. The second kappa shape index (κ2) is 14.3. The second-order valence-electron chi connectivity index (χ2n) is 10.4. The minimum Gasteiger partial charge on any atom is -0.456 e. The average Bonchev–Trinajstić information content (AvgIpc) is 3.27. The summed E-state index contributed by atoms with van der Waals surface area (Å²) >= 11 is 0. The molecule has 5 rings (SSSR count). The lowest BCUT2D eigenvalue weighted by Crippen LogP contribution is -2.30. The number of piperidine rings is 2. The Balaban J connectivity index is 0.00000190. The van der Waals surface area contributed by atoms with E-state index in [0.717, 1.165) is 47.9 Å². The number of furan rings is 1. The van der Waals surface area contributed by atoms with Gasteiger partial charge in [-0.3, -0.25) is 9.59 Å². The van der Waals surface area contributed by atoms with Crippen LogP contribution in [0.3, 0.4) is 0 Å². The molecular weight excluding hydrogens is 507 g/mol. The number of ketones is 2. The monoisotopic (exact) mass is 546 g/mol. The summed E-state index contributed by atoms with van der Waals surface area (Å²) in [6.45, 7) is 6.69. The lowest BCUT2D eigenvalue weighted by molar-refractivity contribution is 0.0965. The molecule has 0 aliphatic carbocycles. The van der Waals surface area contributed by atoms with Gasteiger partial charge in [0.25, 0.3) is 0 Å². The Kier molecular flexibility index (Phi) is 11.4. The zero-order chi connectivity index (χ0) is 24.0. The van der Waals surface area contributed by atoms with Gasteiger partial charge in [0.1, 0.15) is 11.2 Å². The molecule has 2 aliphatic rings. The first-order valence-electron chi connectivity index (χ1n) is 13.6. The molecule has 37 heavy (non-hydrogen) atoms. The Bertz CT molecular complexity index is 1090. The molecule has 3 aromatic rings. The zero-order valence-electron chi connectivity index (χ0n) is 21.7. The van der Waals surface area contributed by atoms with Crippen LogP contribution in [-0.4, -0.2) is 60.6 Å². The summed E-state index contributed by atoms with van der Waals surface area (Å²) in [5.74, 6) is 0.350. The number of benzene rings is 2. The molecule has 5 nitrogen and oxygen atoms in total. The van der Waals surface area contributed by atoms with Crippen molar-refractivity contribution in [2.24, 2.45) is 0 Å². The lowest BCUT2D eigenvalue weighted by Gasteiger charge is -2.26. The first-order valence-corrected chi connectivity index (χ1v) is 13.6. The maximum Gasteiger partial charge on any atom is 0.163 e. The second-order valence-corrected chi connectivity index (χ2v) is 10.4. The van der Waals surface area contributed by atoms with Crippen molar-refractivity contribution in [3.05, 3.63) is 47.5 Å². The van der Waals surface area contributed by atoms with E-state index in [1.807, 2.05) is 36.4 Å². The molecule has 0 saturated carbocycles. The van der Waals surface area contributed by atoms with Gasteiger partial charge in [-0.25, -0.2) is 0 Å². The fraction of sp³-hybridized carbons (Fsp3) is 0.533. The highest BCUT2D eigenvalue weighted by Gasteiger charge is 2.16. The van der Waals surface area contributed by atoms with E-state index >= 15 is 0 Å². The molecule has 202 valence electrons. The molecule has 0 amide bonds. The van der Waals surface area contributed by atoms with E-state index in [4.69, 9.17) is 4.42 Å². The van der Waals surface area contributed by atoms with Gasteiger partial charge in [0.15, 0.2) is 11.6 Å². The van der Waals surface area contributed by atoms with Gasteiger partial charge in [0.2, 0.25) is 0 Å². The SMILES string of the molecule is Cl.Cl.O=C(CCCN1CCCCC1)c1ccc2c(c1)oc1cc(C(=O)CCCN3CCCCC3)ccc12. The van der Waals surface area contributed by atoms with Crippen LogP contribution in [0, 0.1) is 0 Å². The molecule has 0 radical (unpaired) electrons. The fourth-order valence-electron chi connectivity index (χ4n) is 5.71. The van der Waals surface area contributed by atoms with Crippen molar-refractivity contribution >= 4 is 58.3 Å². The molecule has 1 aromatic heterocycles. The van der Waals surface area contributed by atoms with E-state index in [9.17, 15) is 9.59 Å². The highest BCUT2D eigenvalue weighted by Crippen LogP contribution is 2.31. The normalized spacial score (nSPS) is 16.9. The van der Waals surface area contributed by atoms with Gasteiger partial charge < -0.3 is 14.2 Å². The molecule has 2 aliphatic heterocycles. The third-order valence-electron chi connectivity index (χ3n) is 7.77. The van der Waals surface area contributed by atoms with Gasteiger partial charge in [-0.1, -0.05) is 25.0 Å². The van der Waals surface area contributed by atoms with Crippen molar-refractivity contribution in [1.29, 1.82) is 0 Å². The molecule has 0 unspecified atom stereocenters. The first-order chi connectivity index (χ1) is 17.2. The number of fused-ring (bicyclic) bond motifs is 3. The predicted molar refractivity (Wildman–Crippen MR) is 156 cm³/mol. The maximum atomic E-state index is 12.8. The van der Waals surface area contributed by atoms with Crippen LogP contribution >= 0.6 is 24.8 Å². The van der Waals surface area contributed by atoms with Crippen LogP contribution in [0.1, 0.15) is 84.9 Å². The minimum absolute atomic E-state index is 0. The first kappa shape index (κ1) is 29.6. The van der Waals surface area contributed by atoms with Crippen LogP contribution in [0.15, 0.2) is 40.8 Å². The number of rotatable bonds is 10. The highest BCUT2D eigenvalue weighted by molar-refractivity contribution is 6.09. The third-order valence-corrected chi connectivity index (χ3v) is 7.77. The standard InChI is InChI=1S/C30H38N2O3.2ClH/c33-27(9-7-19-31-15-3-1-4-16-31)23-11-13-25-26-14-12-24(22-30(26)35-29(25)21-23)28(34)10-8-20-32-17-5-2-6-18-32;;/h11-14,21-22H,1-10,15-20H2;2*1H. The lowest BCUT2D eigenvalue weighted by atomic mass is 10.0. The average molecular weight is 548 g/mol. The molecule has 0 atom stereocenters. The molecule has 0 N–H and O–H groups in total. The summed E-state index contributed by atoms with van der Waals surface area (Å²) in [7, 11) is 0. The van der Waals surface area contributed by atoms with Crippen molar-refractivity contribution < 1.29 is 14.0 Å². The maximum absolute atomic E-state index is 12.8. The van der Waals surface area contributed by atoms with Crippen LogP contribution < -0.4 is 0 Å². The zero-order valence-corrected chi connectivity index (χ0v) is 23.3. The largest absolute Gasteiger partial charge is 0.456 e. The molecule has 2 fully saturated rings. The summed E-state index contributed by atoms with van der Waals surface area (Å²) in [4.78, 5) is 30.5. The number of Topliss-reactive ketones (excluding diaryl/α,β-unsaturated/α-hetero) is 2. The van der Waals surface area contributed by atoms with E-state index in [1.165, 1.54) is 64.7 Å². The van der Waals surface area contributed by atoms with Crippen molar-refractivity contribution in [2.75, 3.05) is 39.3 Å². The topological polar surface area (TPSA) is 53.8 Å². The Labute approximate surface area is 232 Å². The Morgan fingerprint density at radius 1 is 0.622 bits per heavy atom. The van der Waals surface area contributed by atoms with Crippen LogP contribution in [0.25, 0.3) is 21.9 Å². The van der Waals surface area contributed by atoms with Crippen molar-refractivity contribution in [2.45, 2.75) is 64.2 Å². The van der Waals surface area contributed by atoms with Crippen molar-refractivity contribution in [1.82, 2.24) is 9.80 Å². The molecule has 2 saturated heterocycles. The van der Waals surface area contributed by atoms with E-state index in [2.05, 4.69) is 9.80 Å². The summed E-state index contributed by atoms with van der Waals surface area (Å²) in [6.07, 6.45) is 10.7. The van der Waals surface area contributed by atoms with Crippen molar-refractivity contribution in [3.63, 3.8) is 0 Å². The van der Waals surface area contributed by atoms with Crippen LogP contribution in [0.4, 0.5) is 0 Å². The fourth-order valence-corrected chi connectivity index (χ4v) is 5.71. The Hall–Kier alpha value is -1.92. The molecule has 2 aromatic carbocycles. The number of likely N-dealkylation sites (tertiary alicyclic amines) is 2. The van der Waals surface area contributed by atoms with Gasteiger partial charge in [0, 0.05) is 34.7 Å². The Morgan fingerprint density at radius 2 is 1.03 bits per heavy atom. The van der Waals surface area contributed by atoms with Crippen LogP contribution in [0.2, 0.25) is 0 Å². The van der Waals surface area contributed by atoms with Crippen molar-refractivity contribution in [3.8, 4) is 0 Å². The molecule has 0 bridgehead atoms. The number of carbonyl (C=O) groups excluding carboxylic acids is 2. The number of nitrogens with zero attached hydrogens (tertiary/aromatic N) is 2. The van der Waals surface area contributed by atoms with E-state index < -0.39 is 0 Å². The van der Waals surface area contributed by atoms with Crippen LogP contribution in [0.5, 0.6) is 0 Å². The van der Waals surface area contributed by atoms with E-state index in [1.54, 1.807) is 0 Å². The van der Waals surface area contributed by atoms with Gasteiger partial charge >= 0.3 is 0 Å². The number of hydrogen-bond acceptors (Lipinski definition) is 5. The van der Waals surface area contributed by atoms with E-state index in [-0.39, 0.29) is 36.4 Å². The molecular formula is C30H40Cl2N2O3. The minimum atomic E-state index is 0. The summed E-state index contributed by atoms with van der Waals surface area (Å²) in [5, 5.41) is 1.99. The Morgan fingerprint density at radius 3 is 1.43 bits per heavy atom. The highest BCUT2D eigenvalue weighted by atomic mass is 35.5. The number of carbonyl (C=O) groups is 2. The molecule has 3 heterocycles. The number of halogens is 2. The summed E-state index contributed by atoms with van der Waals surface area (Å²) in [5.41, 5.74) is 2.86. The van der Waals surface area contributed by atoms with Gasteiger partial charge in [-0.2, -0.15) is 0 Å². The van der Waals surface area contributed by atoms with Crippen LogP contribution in [-0.2, 0) is 0 Å². The predicted octanol–water partition coefficient (Wildman–Crippen LogP) is 7.33. The summed E-state index contributed by atoms with van der Waals surface area (Å²) < 4.78 is 6.11. The van der Waals surface area contributed by atoms with Gasteiger partial charge in [0.05, 0.1) is 0 Å². The molecule has 0 spiro atoms. The third kappa shape index (κ3) is 7.57. The quantitative estimate of drug-likeness (QED) is 0.249. The van der Waals surface area contributed by atoms with Gasteiger partial charge in [-0.05, 0) is 102 Å². The van der Waals surface area contributed by atoms with Gasteiger partial charge in [-0.15, -0.1) is 24.8 Å².